The molecule has 2 heteroatoms. The van der Waals surface area contributed by atoms with Crippen LogP contribution in [-0.4, -0.2) is 17.1 Å². The first-order chi connectivity index (χ1) is 6.49. The van der Waals surface area contributed by atoms with E-state index in [1.807, 2.05) is 0 Å². The Morgan fingerprint density at radius 2 is 1.21 bits per heavy atom. The van der Waals surface area contributed by atoms with E-state index in [9.17, 15) is 0 Å². The molecule has 0 aromatic rings. The van der Waals surface area contributed by atoms with E-state index >= 15 is 0 Å². The summed E-state index contributed by atoms with van der Waals surface area (Å²) in [5, 5.41) is 0. The molecule has 0 amide bonds. The summed E-state index contributed by atoms with van der Waals surface area (Å²) in [5.41, 5.74) is 0. The van der Waals surface area contributed by atoms with Gasteiger partial charge in [-0.1, -0.05) is 0 Å². The summed E-state index contributed by atoms with van der Waals surface area (Å²) in [4.78, 5) is 0. The summed E-state index contributed by atoms with van der Waals surface area (Å²) in [7, 11) is -2.34. The summed E-state index contributed by atoms with van der Waals surface area (Å²) in [6.45, 7) is 5.39. The van der Waals surface area contributed by atoms with Gasteiger partial charge in [0.1, 0.15) is 0 Å². The van der Waals surface area contributed by atoms with Crippen molar-refractivity contribution in [2.75, 3.05) is 13.3 Å². The van der Waals surface area contributed by atoms with Gasteiger partial charge in [-0.15, -0.1) is 0 Å². The summed E-state index contributed by atoms with van der Waals surface area (Å²) < 4.78 is 15.5. The fourth-order valence-electron chi connectivity index (χ4n) is 17.3. The summed E-state index contributed by atoms with van der Waals surface area (Å²) in [6.07, 6.45) is 0. The van der Waals surface area contributed by atoms with Crippen LogP contribution >= 0.6 is 7.92 Å². The minimum absolute atomic E-state index is 0.490. The number of hydrogen-bond donors (Lipinski definition) is 0. The van der Waals surface area contributed by atoms with Crippen LogP contribution in [0.15, 0.2) is 0 Å². The van der Waals surface area contributed by atoms with E-state index in [1.165, 1.54) is 3.75 Å². The van der Waals surface area contributed by atoms with E-state index in [0.29, 0.717) is 7.92 Å². The van der Waals surface area contributed by atoms with Crippen LogP contribution in [0.2, 0.25) is 40.6 Å². The van der Waals surface area contributed by atoms with Gasteiger partial charge < -0.3 is 0 Å². The molecule has 1 spiro atoms. The molecule has 0 N–H and O–H groups in total. The Labute approximate surface area is 73.3 Å². The molecule has 14 heavy (non-hydrogen) atoms. The zero-order chi connectivity index (χ0) is 8.59. The van der Waals surface area contributed by atoms with Crippen LogP contribution in [0, 0.1) is 0 Å². The molecule has 0 radical (unpaired) electrons. The molecule has 0 aromatic carbocycles. The van der Waals surface area contributed by atoms with E-state index in [1.54, 1.807) is 40.6 Å². The molecule has 0 aromatic heterocycles. The quantitative estimate of drug-likeness (QED) is 0.505. The number of rotatable bonds is 1. The summed E-state index contributed by atoms with van der Waals surface area (Å²) in [5.74, 6) is 0. The second-order valence-electron chi connectivity index (χ2n) is 10.5. The first-order valence-electron chi connectivity index (χ1n) is 6.38. The molecule has 0 bridgehead atoms. The maximum atomic E-state index is 2.70. The molecule has 10 heterocycles. The van der Waals surface area contributed by atoms with Crippen LogP contribution in [0.4, 0.5) is 0 Å². The number of hydrogen-bond acceptors (Lipinski definition) is 0. The molecule has 10 saturated heterocycles. The van der Waals surface area contributed by atoms with E-state index in [2.05, 4.69) is 13.3 Å². The molecule has 10 aliphatic rings. The van der Waals surface area contributed by atoms with Crippen molar-refractivity contribution in [3.63, 3.8) is 0 Å². The zero-order valence-electron chi connectivity index (χ0n) is 8.50. The molecule has 76 valence electrons. The average molecular weight is 291 g/mol. The van der Waals surface area contributed by atoms with Gasteiger partial charge in [-0.2, -0.15) is 0 Å². The van der Waals surface area contributed by atoms with Gasteiger partial charge in [0.2, 0.25) is 0 Å². The summed E-state index contributed by atoms with van der Waals surface area (Å²) >= 11 is 0. The Morgan fingerprint density at radius 1 is 0.786 bits per heavy atom. The zero-order valence-corrected chi connectivity index (χ0v) is 11.1. The van der Waals surface area contributed by atoms with Gasteiger partial charge in [0.15, 0.2) is 0 Å². The van der Waals surface area contributed by atoms with Gasteiger partial charge in [-0.05, 0) is 0 Å². The van der Waals surface area contributed by atoms with E-state index < -0.39 is 7.72 Å². The van der Waals surface area contributed by atoms with Crippen molar-refractivity contribution in [2.24, 2.45) is 0 Å². The van der Waals surface area contributed by atoms with Gasteiger partial charge in [-0.25, -0.2) is 0 Å². The van der Waals surface area contributed by atoms with Crippen LogP contribution in [0.5, 0.6) is 0 Å². The Kier molecular flexibility index (Phi) is 0.131. The fraction of sp³-hybridized carbons (Fsp3) is 1.00. The fourth-order valence-corrected chi connectivity index (χ4v) is 175. The predicted molar refractivity (Wildman–Crippen MR) is 55.2 cm³/mol. The standard InChI is InChI=1S/C7H10P.C5H5.Ru/c1-8(2)7-5-3-4-6-7;1-2-4-5-3-1;/h3-6H,1-2H3;1-5H;. The molecule has 4 unspecified atom stereocenters. The van der Waals surface area contributed by atoms with Crippen LogP contribution in [0.1, 0.15) is 0 Å². The van der Waals surface area contributed by atoms with Gasteiger partial charge in [-0.3, -0.25) is 0 Å². The normalized spacial score (nSPS) is 143. The first kappa shape index (κ1) is 5.14. The molecule has 10 fully saturated rings. The second kappa shape index (κ2) is 0.356. The Morgan fingerprint density at radius 3 is 1.29 bits per heavy atom. The Bertz CT molecular complexity index is 800. The topological polar surface area (TPSA) is 0 Å². The predicted octanol–water partition coefficient (Wildman–Crippen LogP) is 4.02. The second-order valence-corrected chi connectivity index (χ2v) is 50.8. The molecule has 10 aliphatic heterocycles. The molecule has 10 rings (SSSR count). The average Bonchev–Trinajstić information content (AvgIpc) is 3.13. The Hall–Kier alpha value is 1.05. The van der Waals surface area contributed by atoms with Gasteiger partial charge in [0.25, 0.3) is 0 Å². The Balaban J connectivity index is 1.94. The van der Waals surface area contributed by atoms with Crippen molar-refractivity contribution in [1.82, 2.24) is 0 Å². The van der Waals surface area contributed by atoms with Crippen LogP contribution < -0.4 is 0 Å². The monoisotopic (exact) mass is 292 g/mol. The number of fused-ring (bicyclic) bond motifs is 10. The third kappa shape index (κ3) is 0.0392. The molecule has 0 nitrogen and oxygen atoms in total. The van der Waals surface area contributed by atoms with Crippen molar-refractivity contribution in [2.45, 2.75) is 44.4 Å². The minimum atomic E-state index is -2.83. The molecule has 0 saturated carbocycles. The van der Waals surface area contributed by atoms with E-state index in [4.69, 9.17) is 0 Å². The van der Waals surface area contributed by atoms with Crippen molar-refractivity contribution in [3.05, 3.63) is 0 Å². The third-order valence-electron chi connectivity index (χ3n) is 15.3. The van der Waals surface area contributed by atoms with Gasteiger partial charge in [0, 0.05) is 0 Å². The van der Waals surface area contributed by atoms with Crippen LogP contribution in [0.3, 0.4) is 0 Å². The van der Waals surface area contributed by atoms with E-state index in [0.717, 1.165) is 0 Å². The first-order valence-corrected chi connectivity index (χ1v) is 18.5. The molecule has 4 atom stereocenters. The van der Waals surface area contributed by atoms with Crippen molar-refractivity contribution < 1.29 is 7.72 Å². The van der Waals surface area contributed by atoms with Crippen molar-refractivity contribution in [1.29, 1.82) is 0 Å². The van der Waals surface area contributed by atoms with Crippen molar-refractivity contribution in [3.8, 4) is 0 Å². The van der Waals surface area contributed by atoms with Crippen LogP contribution in [0.25, 0.3) is 0 Å². The van der Waals surface area contributed by atoms with Gasteiger partial charge in [0.05, 0.1) is 0 Å². The SMILES string of the molecule is CP(C)[C]12[CH]3[CH]4[CH]5[CH]1[Ru]45321678[CH]2[CH]1[CH]6[CH]7[CH]28. The van der Waals surface area contributed by atoms with Crippen LogP contribution in [-0.2, 0) is 7.72 Å². The maximum absolute atomic E-state index is 2.83. The molecular formula is C12H15PRu. The molecule has 0 aliphatic carbocycles. The van der Waals surface area contributed by atoms with Crippen molar-refractivity contribution >= 4 is 7.92 Å². The summed E-state index contributed by atoms with van der Waals surface area (Å²) in [6, 6.07) is 0. The molecular weight excluding hydrogens is 276 g/mol. The van der Waals surface area contributed by atoms with E-state index in [-0.39, 0.29) is 0 Å². The third-order valence-corrected chi connectivity index (χ3v) is 91.1. The van der Waals surface area contributed by atoms with Gasteiger partial charge >= 0.3 is 73.3 Å².